The minimum absolute atomic E-state index is 0.200. The maximum Gasteiger partial charge on any atom is 0.368 e. The number of benzene rings is 6. The summed E-state index contributed by atoms with van der Waals surface area (Å²) in [5, 5.41) is 70.3. The summed E-state index contributed by atoms with van der Waals surface area (Å²) in [7, 11) is 10.9. The van der Waals surface area contributed by atoms with Crippen LogP contribution in [0.25, 0.3) is 34.1 Å². The Labute approximate surface area is 739 Å². The summed E-state index contributed by atoms with van der Waals surface area (Å²) in [6.07, 6.45) is 10.6. The van der Waals surface area contributed by atoms with Gasteiger partial charge in [-0.25, -0.2) is 28.8 Å². The van der Waals surface area contributed by atoms with Crippen molar-refractivity contribution in [3.05, 3.63) is 233 Å². The van der Waals surface area contributed by atoms with E-state index in [4.69, 9.17) is 33.8 Å². The number of oxime groups is 6. The van der Waals surface area contributed by atoms with Gasteiger partial charge >= 0.3 is 34.1 Å². The highest BCUT2D eigenvalue weighted by Gasteiger charge is 2.26. The third kappa shape index (κ3) is 26.7. The Kier molecular flexibility index (Phi) is 37.3. The molecule has 45 heteroatoms. The summed E-state index contributed by atoms with van der Waals surface area (Å²) in [6.45, 7) is 26.7. The lowest BCUT2D eigenvalue weighted by atomic mass is 10.1. The van der Waals surface area contributed by atoms with Crippen molar-refractivity contribution in [3.63, 3.8) is 0 Å². The smallest absolute Gasteiger partial charge is 0.368 e. The van der Waals surface area contributed by atoms with Crippen LogP contribution in [0.15, 0.2) is 174 Å². The van der Waals surface area contributed by atoms with Crippen molar-refractivity contribution in [1.29, 1.82) is 0 Å². The van der Waals surface area contributed by atoms with Gasteiger partial charge in [-0.2, -0.15) is 56.2 Å². The average Bonchev–Trinajstić information content (AvgIpc) is 1.76. The van der Waals surface area contributed by atoms with Gasteiger partial charge in [0, 0.05) is 99.6 Å². The Morgan fingerprint density at radius 3 is 0.937 bits per heavy atom. The van der Waals surface area contributed by atoms with Gasteiger partial charge in [-0.15, -0.1) is 23.5 Å². The molecule has 12 aromatic rings. The molecule has 6 heterocycles. The summed E-state index contributed by atoms with van der Waals surface area (Å²) in [4.78, 5) is 105. The van der Waals surface area contributed by atoms with Crippen LogP contribution in [0.3, 0.4) is 0 Å². The molecule has 13 rings (SSSR count). The monoisotopic (exact) mass is 1780 g/mol. The fourth-order valence-corrected chi connectivity index (χ4v) is 12.3. The van der Waals surface area contributed by atoms with Crippen LogP contribution in [-0.2, 0) is 116 Å². The number of thioether (sulfide) groups is 2. The highest BCUT2D eigenvalue weighted by Crippen LogP contribution is 2.31. The summed E-state index contributed by atoms with van der Waals surface area (Å²) in [5.41, 5.74) is 15.2. The molecule has 0 N–H and O–H groups in total. The molecule has 1 saturated carbocycles. The predicted molar refractivity (Wildman–Crippen MR) is 482 cm³/mol. The molecule has 0 aliphatic heterocycles. The average molecular weight is 1790 g/mol. The van der Waals surface area contributed by atoms with Crippen LogP contribution in [0.1, 0.15) is 149 Å². The van der Waals surface area contributed by atoms with Crippen molar-refractivity contribution < 1.29 is 33.8 Å². The molecule has 0 amide bonds. The first kappa shape index (κ1) is 98.3. The van der Waals surface area contributed by atoms with E-state index in [1.807, 2.05) is 185 Å². The van der Waals surface area contributed by atoms with Crippen molar-refractivity contribution in [1.82, 2.24) is 119 Å². The van der Waals surface area contributed by atoms with E-state index in [0.717, 1.165) is 108 Å². The van der Waals surface area contributed by atoms with Gasteiger partial charge in [0.15, 0.2) is 0 Å². The van der Waals surface area contributed by atoms with E-state index in [-0.39, 0.29) is 67.2 Å². The fourth-order valence-electron chi connectivity index (χ4n) is 11.5. The van der Waals surface area contributed by atoms with Gasteiger partial charge < -0.3 is 33.8 Å². The maximum absolute atomic E-state index is 12.0. The number of tetrazole rings is 6. The molecule has 0 radical (unpaired) electrons. The van der Waals surface area contributed by atoms with Crippen molar-refractivity contribution in [2.24, 2.45) is 79.1 Å². The molecule has 127 heavy (non-hydrogen) atoms. The molecule has 1 aliphatic rings. The highest BCUT2D eigenvalue weighted by molar-refractivity contribution is 8.13. The molecule has 1 aliphatic carbocycles. The number of aromatic nitrogens is 24. The first-order valence-corrected chi connectivity index (χ1v) is 42.4. The molecule has 1 fully saturated rings. The van der Waals surface area contributed by atoms with Crippen molar-refractivity contribution in [3.8, 4) is 34.1 Å². The van der Waals surface area contributed by atoms with Gasteiger partial charge in [-0.3, -0.25) is 0 Å². The second-order valence-corrected chi connectivity index (χ2v) is 30.3. The Morgan fingerprint density at radius 1 is 0.386 bits per heavy atom. The zero-order valence-electron chi connectivity index (χ0n) is 75.4. The van der Waals surface area contributed by atoms with Gasteiger partial charge in [-0.1, -0.05) is 118 Å². The molecule has 0 spiro atoms. The molecular formula is C82H108N30O13S2. The number of methoxy groups -OCH3 is 1. The lowest BCUT2D eigenvalue weighted by Gasteiger charge is -2.11. The van der Waals surface area contributed by atoms with Crippen LogP contribution in [0.2, 0.25) is 0 Å². The molecule has 6 aromatic carbocycles. The molecule has 0 atom stereocenters. The minimum Gasteiger partial charge on any atom is -0.482 e. The van der Waals surface area contributed by atoms with Gasteiger partial charge in [0.1, 0.15) is 44.7 Å². The predicted octanol–water partition coefficient (Wildman–Crippen LogP) is 8.59. The quantitative estimate of drug-likeness (QED) is 0.0183. The number of hydrogen-bond acceptors (Lipinski definition) is 33. The number of nitrogens with zero attached hydrogens (tertiary/aromatic N) is 30. The molecular weight excluding hydrogens is 1680 g/mol. The number of hydrogen-bond donors (Lipinski definition) is 0. The first-order chi connectivity index (χ1) is 60.9. The van der Waals surface area contributed by atoms with Crippen LogP contribution in [0.5, 0.6) is 0 Å². The second kappa shape index (κ2) is 48.2. The Balaban J connectivity index is 0.000000189. The number of aryl methyl sites for hydroxylation is 11. The standard InChI is InChI=1S/C15H19N5O2.C15H21N5O2.C14H19N5O2.C13H17N5O3.C13H17N5O2S.C12H15N5O2S/c1-10-5-4-6-14(20-15(21)19(3)17-18-20)13(10)9-22-16-11(2)12-7-8-12;1-5-7-12(3)16-22-10-13-11(2)8-6-9-14(13)20-15(21)19(4)17-18-20;1-5-11(3)15-21-9-12-10(2)7-6-8-13(12)19-14(20)18(4)16-17-19;1-9-6-5-7-12(18-13(19)17(3)15-16-18)11(9)8-21-14-10(2)20-4;1-9-6-5-7-12(18-13(19)17(3)15-16-18)11(9)8-20-14-10(2)21-4;1-4-13-19-8-9-10(6-5-7-11(9)20-3)17-12(18)16(2)14-15-17/h4-6,12H,7-9H2,1-3H3;6,8-9H,5,7,10H2,1-4H3;6-8H,5,9H2,1-4H3;2*5-7H,8H2,1-4H3;4-7H,8H2,1-3H3. The van der Waals surface area contributed by atoms with E-state index in [1.54, 1.807) is 80.2 Å². The van der Waals surface area contributed by atoms with E-state index < -0.39 is 0 Å². The summed E-state index contributed by atoms with van der Waals surface area (Å²) >= 11 is 3.09. The Bertz CT molecular complexity index is 5970. The van der Waals surface area contributed by atoms with Crippen LogP contribution in [0.4, 0.5) is 0 Å². The zero-order valence-corrected chi connectivity index (χ0v) is 77.0. The van der Waals surface area contributed by atoms with Crippen molar-refractivity contribution >= 4 is 57.8 Å². The van der Waals surface area contributed by atoms with Crippen LogP contribution in [-0.4, -0.2) is 173 Å². The van der Waals surface area contributed by atoms with Crippen LogP contribution >= 0.6 is 23.5 Å². The van der Waals surface area contributed by atoms with E-state index in [9.17, 15) is 28.8 Å². The van der Waals surface area contributed by atoms with Gasteiger partial charge in [0.05, 0.1) is 58.4 Å². The van der Waals surface area contributed by atoms with Crippen LogP contribution in [0, 0.1) is 40.5 Å². The summed E-state index contributed by atoms with van der Waals surface area (Å²) in [5.74, 6) is 1.00. The number of ether oxygens (including phenoxy) is 1. The van der Waals surface area contributed by atoms with E-state index in [0.29, 0.717) is 52.5 Å². The third-order valence-electron chi connectivity index (χ3n) is 19.3. The molecule has 0 bridgehead atoms. The minimum atomic E-state index is -0.321. The van der Waals surface area contributed by atoms with E-state index in [1.165, 1.54) is 87.9 Å². The van der Waals surface area contributed by atoms with E-state index >= 15 is 0 Å². The zero-order chi connectivity index (χ0) is 92.6. The first-order valence-electron chi connectivity index (χ1n) is 40.0. The largest absolute Gasteiger partial charge is 0.482 e. The highest BCUT2D eigenvalue weighted by atomic mass is 32.2. The van der Waals surface area contributed by atoms with Gasteiger partial charge in [-0.05, 0) is 240 Å². The lowest BCUT2D eigenvalue weighted by molar-refractivity contribution is 0.121. The Morgan fingerprint density at radius 2 is 0.669 bits per heavy atom. The normalized spacial score (nSPS) is 12.2. The lowest BCUT2D eigenvalue weighted by Crippen LogP contribution is -2.23. The number of rotatable bonds is 29. The molecule has 0 unspecified atom stereocenters. The SMILES string of the molecule is CC(=NOCc1c(C)cccc1-n1nnn(C)c1=O)C1CC1.CC=NOCc1c(SC)cccc1-n1nnn(C)c1=O.CCC(C)=NOCc1c(C)cccc1-n1nnn(C)c1=O.CCCC(C)=NOCc1c(C)cccc1-n1nnn(C)c1=O.COC(C)=NOCc1c(C)cccc1-n1nnn(C)c1=O.CSC(C)=NOCc1c(C)cccc1-n1nnn(C)c1=O. The molecule has 676 valence electrons. The van der Waals surface area contributed by atoms with Crippen LogP contribution < -0.4 is 34.1 Å². The maximum atomic E-state index is 12.0. The second-order valence-electron chi connectivity index (χ2n) is 28.5. The van der Waals surface area contributed by atoms with E-state index in [2.05, 4.69) is 100 Å². The molecule has 43 nitrogen and oxygen atoms in total. The Hall–Kier alpha value is -14.1. The molecule has 0 saturated heterocycles. The molecule has 6 aromatic heterocycles. The topological polar surface area (TPSA) is 455 Å². The summed E-state index contributed by atoms with van der Waals surface area (Å²) in [6, 6.07) is 33.8. The van der Waals surface area contributed by atoms with Crippen molar-refractivity contribution in [2.45, 2.75) is 167 Å². The van der Waals surface area contributed by atoms with Gasteiger partial charge in [0.25, 0.3) is 0 Å². The fraction of sp³-hybridized carbons (Fsp3) is 0.415. The summed E-state index contributed by atoms with van der Waals surface area (Å²) < 4.78 is 19.6. The third-order valence-corrected chi connectivity index (χ3v) is 20.8. The van der Waals surface area contributed by atoms with Crippen molar-refractivity contribution in [2.75, 3.05) is 19.6 Å². The van der Waals surface area contributed by atoms with Gasteiger partial charge in [0.2, 0.25) is 5.90 Å².